The van der Waals surface area contributed by atoms with Crippen molar-refractivity contribution < 1.29 is 9.53 Å². The molecule has 1 saturated carbocycles. The Labute approximate surface area is 109 Å². The van der Waals surface area contributed by atoms with E-state index in [1.807, 2.05) is 0 Å². The van der Waals surface area contributed by atoms with Crippen molar-refractivity contribution in [1.29, 1.82) is 0 Å². The highest BCUT2D eigenvalue weighted by atomic mass is 79.9. The Morgan fingerprint density at radius 2 is 2.24 bits per heavy atom. The van der Waals surface area contributed by atoms with Gasteiger partial charge in [-0.25, -0.2) is 4.98 Å². The molecule has 0 saturated heterocycles. The number of nitrogens with one attached hydrogen (secondary N) is 1. The van der Waals surface area contributed by atoms with Gasteiger partial charge < -0.3 is 10.1 Å². The molecule has 5 heteroatoms. The van der Waals surface area contributed by atoms with Crippen molar-refractivity contribution >= 4 is 21.8 Å². The zero-order chi connectivity index (χ0) is 12.3. The first-order valence-electron chi connectivity index (χ1n) is 5.71. The number of nitrogens with zero attached hydrogens (tertiary/aromatic N) is 1. The first-order chi connectivity index (χ1) is 8.20. The maximum Gasteiger partial charge on any atom is 0.257 e. The number of ether oxygens (including phenoxy) is 1. The van der Waals surface area contributed by atoms with Crippen LogP contribution in [0, 0.1) is 0 Å². The highest BCUT2D eigenvalue weighted by molar-refractivity contribution is 9.10. The van der Waals surface area contributed by atoms with E-state index < -0.39 is 0 Å². The third kappa shape index (κ3) is 2.97. The van der Waals surface area contributed by atoms with Crippen LogP contribution in [0.3, 0.4) is 0 Å². The molecule has 0 radical (unpaired) electrons. The number of rotatable bonds is 3. The Hall–Kier alpha value is -1.10. The molecule has 0 spiro atoms. The van der Waals surface area contributed by atoms with E-state index in [9.17, 15) is 4.79 Å². The van der Waals surface area contributed by atoms with Crippen molar-refractivity contribution in [2.75, 3.05) is 7.11 Å². The Kier molecular flexibility index (Phi) is 3.99. The molecule has 1 aromatic rings. The van der Waals surface area contributed by atoms with E-state index in [1.54, 1.807) is 12.3 Å². The fourth-order valence-electron chi connectivity index (χ4n) is 2.09. The largest absolute Gasteiger partial charge is 0.480 e. The molecule has 0 bridgehead atoms. The van der Waals surface area contributed by atoms with Crippen LogP contribution in [-0.2, 0) is 0 Å². The van der Waals surface area contributed by atoms with Gasteiger partial charge in [0.2, 0.25) is 5.88 Å². The molecule has 1 fully saturated rings. The molecular formula is C12H15BrN2O2. The smallest absolute Gasteiger partial charge is 0.257 e. The highest BCUT2D eigenvalue weighted by Crippen LogP contribution is 2.22. The second-order valence-electron chi connectivity index (χ2n) is 4.17. The highest BCUT2D eigenvalue weighted by Gasteiger charge is 2.20. The molecule has 1 heterocycles. The number of carbonyl (C=O) groups is 1. The van der Waals surface area contributed by atoms with Crippen LogP contribution in [0.25, 0.3) is 0 Å². The van der Waals surface area contributed by atoms with E-state index in [1.165, 1.54) is 20.0 Å². The van der Waals surface area contributed by atoms with Crippen molar-refractivity contribution in [3.63, 3.8) is 0 Å². The van der Waals surface area contributed by atoms with Crippen LogP contribution in [0.5, 0.6) is 5.88 Å². The van der Waals surface area contributed by atoms with Gasteiger partial charge in [0.1, 0.15) is 5.56 Å². The summed E-state index contributed by atoms with van der Waals surface area (Å²) < 4.78 is 5.87. The number of hydrogen-bond donors (Lipinski definition) is 1. The number of methoxy groups -OCH3 is 1. The van der Waals surface area contributed by atoms with Gasteiger partial charge in [0.05, 0.1) is 7.11 Å². The van der Waals surface area contributed by atoms with Gasteiger partial charge in [-0.1, -0.05) is 12.8 Å². The van der Waals surface area contributed by atoms with Crippen molar-refractivity contribution in [2.24, 2.45) is 0 Å². The minimum Gasteiger partial charge on any atom is -0.480 e. The van der Waals surface area contributed by atoms with E-state index in [0.717, 1.165) is 17.3 Å². The molecule has 92 valence electrons. The molecule has 1 aliphatic rings. The van der Waals surface area contributed by atoms with Crippen LogP contribution in [-0.4, -0.2) is 24.0 Å². The fraction of sp³-hybridized carbons (Fsp3) is 0.500. The first-order valence-corrected chi connectivity index (χ1v) is 6.50. The van der Waals surface area contributed by atoms with Gasteiger partial charge in [0.15, 0.2) is 0 Å². The van der Waals surface area contributed by atoms with Gasteiger partial charge >= 0.3 is 0 Å². The molecule has 0 aliphatic heterocycles. The minimum absolute atomic E-state index is 0.109. The van der Waals surface area contributed by atoms with Crippen molar-refractivity contribution in [2.45, 2.75) is 31.7 Å². The maximum atomic E-state index is 12.1. The van der Waals surface area contributed by atoms with Gasteiger partial charge in [-0.15, -0.1) is 0 Å². The molecule has 0 aromatic carbocycles. The lowest BCUT2D eigenvalue weighted by Crippen LogP contribution is -2.32. The van der Waals surface area contributed by atoms with Gasteiger partial charge in [0, 0.05) is 16.7 Å². The number of amides is 1. The molecule has 2 rings (SSSR count). The summed E-state index contributed by atoms with van der Waals surface area (Å²) >= 11 is 3.31. The summed E-state index contributed by atoms with van der Waals surface area (Å²) in [6, 6.07) is 2.03. The standard InChI is InChI=1S/C12H15BrN2O2/c1-17-12-10(6-8(13)7-14-12)11(16)15-9-4-2-3-5-9/h6-7,9H,2-5H2,1H3,(H,15,16). The Morgan fingerprint density at radius 3 is 2.88 bits per heavy atom. The average molecular weight is 299 g/mol. The molecule has 1 N–H and O–H groups in total. The molecular weight excluding hydrogens is 284 g/mol. The van der Waals surface area contributed by atoms with Crippen LogP contribution in [0.2, 0.25) is 0 Å². The molecule has 0 atom stereocenters. The summed E-state index contributed by atoms with van der Waals surface area (Å²) in [4.78, 5) is 16.1. The monoisotopic (exact) mass is 298 g/mol. The molecule has 0 unspecified atom stereocenters. The number of pyridine rings is 1. The summed E-state index contributed by atoms with van der Waals surface area (Å²) in [6.45, 7) is 0. The van der Waals surface area contributed by atoms with E-state index in [0.29, 0.717) is 17.5 Å². The third-order valence-corrected chi connectivity index (χ3v) is 3.38. The van der Waals surface area contributed by atoms with E-state index in [4.69, 9.17) is 4.74 Å². The van der Waals surface area contributed by atoms with Crippen LogP contribution < -0.4 is 10.1 Å². The number of aromatic nitrogens is 1. The zero-order valence-corrected chi connectivity index (χ0v) is 11.3. The Balaban J connectivity index is 2.14. The fourth-order valence-corrected chi connectivity index (χ4v) is 2.42. The van der Waals surface area contributed by atoms with E-state index in [-0.39, 0.29) is 5.91 Å². The van der Waals surface area contributed by atoms with Gasteiger partial charge in [-0.3, -0.25) is 4.79 Å². The molecule has 17 heavy (non-hydrogen) atoms. The number of hydrogen-bond acceptors (Lipinski definition) is 3. The summed E-state index contributed by atoms with van der Waals surface area (Å²) in [6.07, 6.45) is 6.13. The van der Waals surface area contributed by atoms with Gasteiger partial charge in [-0.2, -0.15) is 0 Å². The zero-order valence-electron chi connectivity index (χ0n) is 9.70. The van der Waals surface area contributed by atoms with Crippen LogP contribution in [0.4, 0.5) is 0 Å². The third-order valence-electron chi connectivity index (χ3n) is 2.95. The van der Waals surface area contributed by atoms with E-state index >= 15 is 0 Å². The number of carbonyl (C=O) groups excluding carboxylic acids is 1. The topological polar surface area (TPSA) is 51.2 Å². The van der Waals surface area contributed by atoms with Crippen LogP contribution in [0.1, 0.15) is 36.0 Å². The lowest BCUT2D eigenvalue weighted by Gasteiger charge is -2.13. The predicted octanol–water partition coefficient (Wildman–Crippen LogP) is 2.53. The quantitative estimate of drug-likeness (QED) is 0.933. The molecule has 1 amide bonds. The Bertz CT molecular complexity index is 417. The van der Waals surface area contributed by atoms with Gasteiger partial charge in [0.25, 0.3) is 5.91 Å². The normalized spacial score (nSPS) is 15.9. The minimum atomic E-state index is -0.109. The summed E-state index contributed by atoms with van der Waals surface area (Å²) in [5.74, 6) is 0.256. The predicted molar refractivity (Wildman–Crippen MR) is 68.2 cm³/mol. The molecule has 1 aliphatic carbocycles. The Morgan fingerprint density at radius 1 is 1.53 bits per heavy atom. The van der Waals surface area contributed by atoms with Crippen LogP contribution >= 0.6 is 15.9 Å². The van der Waals surface area contributed by atoms with Gasteiger partial charge in [-0.05, 0) is 34.8 Å². The summed E-state index contributed by atoms with van der Waals surface area (Å²) in [5.41, 5.74) is 0.480. The van der Waals surface area contributed by atoms with Crippen molar-refractivity contribution in [3.8, 4) is 5.88 Å². The lowest BCUT2D eigenvalue weighted by atomic mass is 10.2. The van der Waals surface area contributed by atoms with E-state index in [2.05, 4.69) is 26.2 Å². The SMILES string of the molecule is COc1ncc(Br)cc1C(=O)NC1CCCC1. The summed E-state index contributed by atoms with van der Waals surface area (Å²) in [7, 11) is 1.52. The second-order valence-corrected chi connectivity index (χ2v) is 5.08. The second kappa shape index (κ2) is 5.49. The van der Waals surface area contributed by atoms with Crippen LogP contribution in [0.15, 0.2) is 16.7 Å². The summed E-state index contributed by atoms with van der Waals surface area (Å²) in [5, 5.41) is 3.02. The first kappa shape index (κ1) is 12.4. The maximum absolute atomic E-state index is 12.1. The molecule has 4 nitrogen and oxygen atoms in total. The lowest BCUT2D eigenvalue weighted by molar-refractivity contribution is 0.0934. The number of halogens is 1. The average Bonchev–Trinajstić information content (AvgIpc) is 2.81. The van der Waals surface area contributed by atoms with Crippen molar-refractivity contribution in [3.05, 3.63) is 22.3 Å². The van der Waals surface area contributed by atoms with Crippen molar-refractivity contribution in [1.82, 2.24) is 10.3 Å². The molecule has 1 aromatic heterocycles.